The molecule has 0 spiro atoms. The zero-order valence-electron chi connectivity index (χ0n) is 9.87. The number of rotatable bonds is 3. The number of carbonyl (C=O) groups excluding carboxylic acids is 2. The lowest BCUT2D eigenvalue weighted by atomic mass is 10.2. The van der Waals surface area contributed by atoms with Crippen molar-refractivity contribution >= 4 is 46.6 Å². The van der Waals surface area contributed by atoms with Gasteiger partial charge in [-0.25, -0.2) is 0 Å². The summed E-state index contributed by atoms with van der Waals surface area (Å²) in [5.41, 5.74) is 0.522. The van der Waals surface area contributed by atoms with E-state index >= 15 is 0 Å². The topological polar surface area (TPSA) is 94.9 Å². The number of halogens is 1. The molecule has 20 heavy (non-hydrogen) atoms. The van der Waals surface area contributed by atoms with Crippen LogP contribution in [0.3, 0.4) is 0 Å². The van der Waals surface area contributed by atoms with Crippen LogP contribution < -0.4 is 0 Å². The average Bonchev–Trinajstić information content (AvgIpc) is 2.61. The van der Waals surface area contributed by atoms with Crippen LogP contribution in [0.5, 0.6) is 5.75 Å². The smallest absolute Gasteiger partial charge is 0.323 e. The number of nitrogens with zero attached hydrogens (tertiary/aromatic N) is 1. The Morgan fingerprint density at radius 3 is 2.70 bits per heavy atom. The van der Waals surface area contributed by atoms with Gasteiger partial charge in [-0.3, -0.25) is 19.3 Å². The molecule has 1 saturated heterocycles. The largest absolute Gasteiger partial charge is 0.506 e. The Labute approximate surface area is 122 Å². The highest BCUT2D eigenvalue weighted by Crippen LogP contribution is 2.33. The summed E-state index contributed by atoms with van der Waals surface area (Å²) in [6, 6.07) is 4.31. The molecule has 1 aromatic carbocycles. The second-order valence-electron chi connectivity index (χ2n) is 3.87. The summed E-state index contributed by atoms with van der Waals surface area (Å²) in [7, 11) is 0. The van der Waals surface area contributed by atoms with Crippen molar-refractivity contribution in [1.82, 2.24) is 4.90 Å². The van der Waals surface area contributed by atoms with Gasteiger partial charge in [-0.2, -0.15) is 0 Å². The molecule has 0 saturated carbocycles. The van der Waals surface area contributed by atoms with Crippen LogP contribution in [-0.4, -0.2) is 38.8 Å². The van der Waals surface area contributed by atoms with Crippen LogP contribution in [0.25, 0.3) is 6.08 Å². The van der Waals surface area contributed by atoms with Crippen molar-refractivity contribution in [1.29, 1.82) is 0 Å². The van der Waals surface area contributed by atoms with Gasteiger partial charge in [0, 0.05) is 0 Å². The number of carboxylic acid groups (broad SMARTS) is 1. The Balaban J connectivity index is 2.27. The monoisotopic (exact) mass is 313 g/mol. The first kappa shape index (κ1) is 14.4. The summed E-state index contributed by atoms with van der Waals surface area (Å²) in [5.74, 6) is -2.02. The lowest BCUT2D eigenvalue weighted by molar-refractivity contribution is -0.140. The third-order valence-electron chi connectivity index (χ3n) is 2.44. The van der Waals surface area contributed by atoms with Crippen LogP contribution in [0, 0.1) is 0 Å². The van der Waals surface area contributed by atoms with Crippen LogP contribution in [-0.2, 0) is 9.59 Å². The summed E-state index contributed by atoms with van der Waals surface area (Å²) >= 11 is 6.39. The summed E-state index contributed by atoms with van der Waals surface area (Å²) in [6.07, 6.45) is 1.41. The molecule has 0 atom stereocenters. The Kier molecular flexibility index (Phi) is 4.01. The molecular formula is C12H8ClNO5S. The molecule has 1 aliphatic heterocycles. The Bertz CT molecular complexity index is 643. The van der Waals surface area contributed by atoms with E-state index in [0.717, 1.165) is 0 Å². The van der Waals surface area contributed by atoms with E-state index in [-0.39, 0.29) is 15.7 Å². The van der Waals surface area contributed by atoms with Crippen LogP contribution in [0.15, 0.2) is 23.1 Å². The number of aromatic hydroxyl groups is 1. The normalized spacial score (nSPS) is 17.1. The van der Waals surface area contributed by atoms with Crippen molar-refractivity contribution < 1.29 is 24.6 Å². The minimum atomic E-state index is -1.26. The molecule has 2 amide bonds. The third-order valence-corrected chi connectivity index (χ3v) is 3.65. The number of hydrogen-bond donors (Lipinski definition) is 2. The van der Waals surface area contributed by atoms with Gasteiger partial charge in [-0.05, 0) is 35.5 Å². The maximum atomic E-state index is 11.9. The van der Waals surface area contributed by atoms with E-state index < -0.39 is 23.7 Å². The lowest BCUT2D eigenvalue weighted by Gasteiger charge is -2.07. The highest BCUT2D eigenvalue weighted by Gasteiger charge is 2.36. The molecule has 1 fully saturated rings. The third kappa shape index (κ3) is 2.94. The molecule has 6 nitrogen and oxygen atoms in total. The zero-order chi connectivity index (χ0) is 14.9. The molecule has 104 valence electrons. The fourth-order valence-electron chi connectivity index (χ4n) is 1.54. The number of benzene rings is 1. The van der Waals surface area contributed by atoms with Gasteiger partial charge in [-0.1, -0.05) is 17.7 Å². The predicted octanol–water partition coefficient (Wildman–Crippen LogP) is 2.17. The Hall–Kier alpha value is -1.99. The molecule has 8 heteroatoms. The van der Waals surface area contributed by atoms with Crippen LogP contribution in [0.1, 0.15) is 5.56 Å². The van der Waals surface area contributed by atoms with E-state index in [1.54, 1.807) is 0 Å². The lowest BCUT2D eigenvalue weighted by Crippen LogP contribution is -2.33. The van der Waals surface area contributed by atoms with Gasteiger partial charge in [0.05, 0.1) is 9.93 Å². The van der Waals surface area contributed by atoms with Crippen molar-refractivity contribution in [2.24, 2.45) is 0 Å². The summed E-state index contributed by atoms with van der Waals surface area (Å²) < 4.78 is 0. The average molecular weight is 314 g/mol. The maximum Gasteiger partial charge on any atom is 0.323 e. The van der Waals surface area contributed by atoms with Crippen LogP contribution in [0.4, 0.5) is 4.79 Å². The maximum absolute atomic E-state index is 11.9. The van der Waals surface area contributed by atoms with Gasteiger partial charge >= 0.3 is 5.97 Å². The number of phenols is 1. The van der Waals surface area contributed by atoms with Gasteiger partial charge in [0.15, 0.2) is 0 Å². The molecule has 0 radical (unpaired) electrons. The van der Waals surface area contributed by atoms with E-state index in [9.17, 15) is 19.5 Å². The number of carboxylic acids is 1. The highest BCUT2D eigenvalue weighted by molar-refractivity contribution is 8.18. The van der Waals surface area contributed by atoms with E-state index in [1.165, 1.54) is 24.3 Å². The van der Waals surface area contributed by atoms with E-state index in [4.69, 9.17) is 16.7 Å². The van der Waals surface area contributed by atoms with Gasteiger partial charge < -0.3 is 10.2 Å². The summed E-state index contributed by atoms with van der Waals surface area (Å²) in [6.45, 7) is -0.668. The standard InChI is InChI=1S/C12H8ClNO5S/c13-7-3-6(1-2-8(7)15)4-9-11(18)14(5-10(16)17)12(19)20-9/h1-4,15H,5H2,(H,16,17)/b9-4-. The van der Waals surface area contributed by atoms with Gasteiger partial charge in [-0.15, -0.1) is 0 Å². The van der Waals surface area contributed by atoms with Gasteiger partial charge in [0.2, 0.25) is 0 Å². The molecule has 1 aliphatic rings. The minimum absolute atomic E-state index is 0.0946. The first-order valence-electron chi connectivity index (χ1n) is 5.34. The van der Waals surface area contributed by atoms with Crippen LogP contribution >= 0.6 is 23.4 Å². The van der Waals surface area contributed by atoms with Crippen LogP contribution in [0.2, 0.25) is 5.02 Å². The number of amides is 2. The number of carbonyl (C=O) groups is 3. The minimum Gasteiger partial charge on any atom is -0.506 e. The van der Waals surface area contributed by atoms with E-state index in [1.807, 2.05) is 0 Å². The molecule has 1 heterocycles. The number of aliphatic carboxylic acids is 1. The summed E-state index contributed by atoms with van der Waals surface area (Å²) in [5, 5.41) is 17.4. The fraction of sp³-hybridized carbons (Fsp3) is 0.0833. The second kappa shape index (κ2) is 5.56. The zero-order valence-corrected chi connectivity index (χ0v) is 11.4. The van der Waals surface area contributed by atoms with Crippen molar-refractivity contribution in [2.75, 3.05) is 6.54 Å². The molecule has 0 bridgehead atoms. The second-order valence-corrected chi connectivity index (χ2v) is 5.27. The van der Waals surface area contributed by atoms with E-state index in [0.29, 0.717) is 22.2 Å². The molecular weight excluding hydrogens is 306 g/mol. The molecule has 2 N–H and O–H groups in total. The van der Waals surface area contributed by atoms with Crippen molar-refractivity contribution in [2.45, 2.75) is 0 Å². The van der Waals surface area contributed by atoms with E-state index in [2.05, 4.69) is 0 Å². The SMILES string of the molecule is O=C(O)CN1C(=O)S/C(=C\c2ccc(O)c(Cl)c2)C1=O. The number of imide groups is 1. The number of hydrogen-bond acceptors (Lipinski definition) is 5. The molecule has 0 aliphatic carbocycles. The number of thioether (sulfide) groups is 1. The first-order chi connectivity index (χ1) is 9.38. The Morgan fingerprint density at radius 2 is 2.10 bits per heavy atom. The van der Waals surface area contributed by atoms with Gasteiger partial charge in [0.1, 0.15) is 12.3 Å². The molecule has 1 aromatic rings. The molecule has 0 aromatic heterocycles. The highest BCUT2D eigenvalue weighted by atomic mass is 35.5. The summed E-state index contributed by atoms with van der Waals surface area (Å²) in [4.78, 5) is 34.8. The quantitative estimate of drug-likeness (QED) is 0.830. The predicted molar refractivity (Wildman–Crippen MR) is 73.4 cm³/mol. The first-order valence-corrected chi connectivity index (χ1v) is 6.53. The molecule has 2 rings (SSSR count). The number of phenolic OH excluding ortho intramolecular Hbond substituents is 1. The molecule has 0 unspecified atom stereocenters. The Morgan fingerprint density at radius 1 is 1.40 bits per heavy atom. The van der Waals surface area contributed by atoms with Gasteiger partial charge in [0.25, 0.3) is 11.1 Å². The fourth-order valence-corrected chi connectivity index (χ4v) is 2.56. The van der Waals surface area contributed by atoms with Crippen molar-refractivity contribution in [3.63, 3.8) is 0 Å². The van der Waals surface area contributed by atoms with Crippen molar-refractivity contribution in [3.8, 4) is 5.75 Å². The van der Waals surface area contributed by atoms with Crippen molar-refractivity contribution in [3.05, 3.63) is 33.7 Å².